The van der Waals surface area contributed by atoms with E-state index in [0.717, 1.165) is 44.9 Å². The number of aliphatic hydroxyl groups is 3. The molecule has 4 saturated carbocycles. The highest BCUT2D eigenvalue weighted by Gasteiger charge is 2.71. The smallest absolute Gasteiger partial charge is 0.0648 e. The van der Waals surface area contributed by atoms with Gasteiger partial charge < -0.3 is 15.3 Å². The molecule has 0 aromatic carbocycles. The fourth-order valence-electron chi connectivity index (χ4n) is 7.97. The highest BCUT2D eigenvalue weighted by molar-refractivity contribution is 5.20. The molecule has 0 unspecified atom stereocenters. The number of hydrogen-bond donors (Lipinski definition) is 3. The summed E-state index contributed by atoms with van der Waals surface area (Å²) in [5, 5.41) is 32.4. The second-order valence-electron chi connectivity index (χ2n) is 10.6. The van der Waals surface area contributed by atoms with Gasteiger partial charge in [-0.2, -0.15) is 0 Å². The average Bonchev–Trinajstić information content (AvgIpc) is 2.77. The van der Waals surface area contributed by atoms with Crippen LogP contribution in [0.1, 0.15) is 72.6 Å². The number of fused-ring (bicyclic) bond motifs is 2. The first-order valence-electron chi connectivity index (χ1n) is 9.60. The van der Waals surface area contributed by atoms with E-state index in [0.29, 0.717) is 17.8 Å². The van der Waals surface area contributed by atoms with Crippen molar-refractivity contribution < 1.29 is 15.3 Å². The molecule has 3 N–H and O–H groups in total. The topological polar surface area (TPSA) is 60.7 Å². The monoisotopic (exact) mass is 322 g/mol. The van der Waals surface area contributed by atoms with E-state index in [1.807, 2.05) is 6.92 Å². The largest absolute Gasteiger partial charge is 0.393 e. The van der Waals surface area contributed by atoms with E-state index < -0.39 is 5.60 Å². The number of aliphatic hydroxyl groups excluding tert-OH is 2. The molecule has 132 valence electrons. The fourth-order valence-corrected chi connectivity index (χ4v) is 7.97. The molecule has 0 aromatic rings. The van der Waals surface area contributed by atoms with Gasteiger partial charge in [-0.1, -0.05) is 20.8 Å². The van der Waals surface area contributed by atoms with Gasteiger partial charge in [-0.25, -0.2) is 0 Å². The first-order valence-corrected chi connectivity index (χ1v) is 9.60. The average molecular weight is 322 g/mol. The van der Waals surface area contributed by atoms with Crippen molar-refractivity contribution in [2.45, 2.75) is 90.4 Å². The van der Waals surface area contributed by atoms with Crippen LogP contribution < -0.4 is 0 Å². The van der Waals surface area contributed by atoms with E-state index in [4.69, 9.17) is 0 Å². The Morgan fingerprint density at radius 2 is 1.57 bits per heavy atom. The molecule has 8 atom stereocenters. The van der Waals surface area contributed by atoms with Gasteiger partial charge in [-0.05, 0) is 85.9 Å². The minimum atomic E-state index is -0.572. The van der Waals surface area contributed by atoms with Gasteiger partial charge in [0, 0.05) is 0 Å². The summed E-state index contributed by atoms with van der Waals surface area (Å²) in [4.78, 5) is 0. The molecule has 0 saturated heterocycles. The Bertz CT molecular complexity index is 513. The van der Waals surface area contributed by atoms with Crippen molar-refractivity contribution in [2.75, 3.05) is 0 Å². The van der Waals surface area contributed by atoms with E-state index in [9.17, 15) is 15.3 Å². The molecule has 4 aliphatic rings. The van der Waals surface area contributed by atoms with Crippen molar-refractivity contribution in [2.24, 2.45) is 34.0 Å². The van der Waals surface area contributed by atoms with Gasteiger partial charge in [0.15, 0.2) is 0 Å². The third-order valence-electron chi connectivity index (χ3n) is 9.03. The summed E-state index contributed by atoms with van der Waals surface area (Å²) in [6, 6.07) is 0. The van der Waals surface area contributed by atoms with Crippen LogP contribution in [-0.2, 0) is 0 Å². The molecule has 1 spiro atoms. The van der Waals surface area contributed by atoms with Gasteiger partial charge in [0.25, 0.3) is 0 Å². The maximum Gasteiger partial charge on any atom is 0.0648 e. The van der Waals surface area contributed by atoms with Gasteiger partial charge >= 0.3 is 0 Å². The molecular formula is C20H34O3. The summed E-state index contributed by atoms with van der Waals surface area (Å²) in [7, 11) is 0. The van der Waals surface area contributed by atoms with E-state index in [1.54, 1.807) is 0 Å². The van der Waals surface area contributed by atoms with Gasteiger partial charge in [0.2, 0.25) is 0 Å². The van der Waals surface area contributed by atoms with Gasteiger partial charge in [-0.15, -0.1) is 0 Å². The minimum absolute atomic E-state index is 0.0746. The van der Waals surface area contributed by atoms with Crippen molar-refractivity contribution in [1.29, 1.82) is 0 Å². The summed E-state index contributed by atoms with van der Waals surface area (Å²) in [6.07, 6.45) is 6.00. The normalized spacial score (nSPS) is 60.9. The van der Waals surface area contributed by atoms with Crippen LogP contribution in [-0.4, -0.2) is 33.1 Å². The minimum Gasteiger partial charge on any atom is -0.393 e. The molecule has 0 aromatic heterocycles. The Balaban J connectivity index is 1.81. The zero-order valence-electron chi connectivity index (χ0n) is 15.2. The lowest BCUT2D eigenvalue weighted by molar-refractivity contribution is -0.219. The quantitative estimate of drug-likeness (QED) is 0.642. The second-order valence-corrected chi connectivity index (χ2v) is 10.6. The molecule has 0 radical (unpaired) electrons. The molecule has 4 fully saturated rings. The summed E-state index contributed by atoms with van der Waals surface area (Å²) >= 11 is 0. The molecule has 3 heteroatoms. The molecule has 4 aliphatic carbocycles. The van der Waals surface area contributed by atoms with E-state index in [-0.39, 0.29) is 28.5 Å². The first kappa shape index (κ1) is 16.4. The SMILES string of the molecule is CC1(C)C[C@H](O)C[C@@]2(C)[C@H]1C[C@@H](O)[C@H]1C[C@H]3C[C@]12CC[C@]3(C)O. The third kappa shape index (κ3) is 1.93. The molecule has 0 heterocycles. The van der Waals surface area contributed by atoms with Crippen molar-refractivity contribution >= 4 is 0 Å². The van der Waals surface area contributed by atoms with Gasteiger partial charge in [0.1, 0.15) is 0 Å². The van der Waals surface area contributed by atoms with Crippen LogP contribution in [0.4, 0.5) is 0 Å². The predicted molar refractivity (Wildman–Crippen MR) is 89.7 cm³/mol. The molecule has 0 amide bonds. The van der Waals surface area contributed by atoms with Crippen molar-refractivity contribution in [3.8, 4) is 0 Å². The van der Waals surface area contributed by atoms with Crippen LogP contribution in [0.25, 0.3) is 0 Å². The Labute approximate surface area is 140 Å². The Morgan fingerprint density at radius 1 is 0.870 bits per heavy atom. The zero-order chi connectivity index (χ0) is 16.8. The highest BCUT2D eigenvalue weighted by Crippen LogP contribution is 2.75. The molecule has 23 heavy (non-hydrogen) atoms. The fraction of sp³-hybridized carbons (Fsp3) is 1.00. The van der Waals surface area contributed by atoms with Gasteiger partial charge in [-0.3, -0.25) is 0 Å². The summed E-state index contributed by atoms with van der Waals surface area (Å²) in [5.74, 6) is 1.09. The van der Waals surface area contributed by atoms with E-state index in [1.165, 1.54) is 0 Å². The first-order chi connectivity index (χ1) is 10.5. The maximum atomic E-state index is 11.0. The molecule has 3 nitrogen and oxygen atoms in total. The molecular weight excluding hydrogens is 288 g/mol. The number of rotatable bonds is 0. The standard InChI is InChI=1S/C20H34O3/c1-17(2)10-13(21)11-18(3)16(17)8-15(22)14-7-12-9-20(14,18)6-5-19(12,4)23/h12-16,21-23H,5-11H2,1-4H3/t12-,13-,14+,15+,16-,18-,19-,20+/m0/s1. The predicted octanol–water partition coefficient (Wildman–Crippen LogP) is 3.11. The lowest BCUT2D eigenvalue weighted by atomic mass is 9.39. The summed E-state index contributed by atoms with van der Waals surface area (Å²) in [5.41, 5.74) is -0.299. The van der Waals surface area contributed by atoms with Crippen molar-refractivity contribution in [3.05, 3.63) is 0 Å². The van der Waals surface area contributed by atoms with Crippen LogP contribution in [0.15, 0.2) is 0 Å². The summed E-state index contributed by atoms with van der Waals surface area (Å²) in [6.45, 7) is 8.97. The van der Waals surface area contributed by atoms with Crippen molar-refractivity contribution in [3.63, 3.8) is 0 Å². The lowest BCUT2D eigenvalue weighted by Crippen LogP contribution is -2.63. The molecule has 4 rings (SSSR count). The summed E-state index contributed by atoms with van der Waals surface area (Å²) < 4.78 is 0. The zero-order valence-corrected chi connectivity index (χ0v) is 15.2. The van der Waals surface area contributed by atoms with Crippen LogP contribution in [0.5, 0.6) is 0 Å². The Hall–Kier alpha value is -0.120. The molecule has 0 aliphatic heterocycles. The maximum absolute atomic E-state index is 11.0. The van der Waals surface area contributed by atoms with Crippen LogP contribution >= 0.6 is 0 Å². The van der Waals surface area contributed by atoms with Crippen molar-refractivity contribution in [1.82, 2.24) is 0 Å². The third-order valence-corrected chi connectivity index (χ3v) is 9.03. The molecule has 2 bridgehead atoms. The second kappa shape index (κ2) is 4.53. The van der Waals surface area contributed by atoms with E-state index in [2.05, 4.69) is 20.8 Å². The highest BCUT2D eigenvalue weighted by atomic mass is 16.3. The van der Waals surface area contributed by atoms with Crippen LogP contribution in [0.2, 0.25) is 0 Å². The lowest BCUT2D eigenvalue weighted by Gasteiger charge is -2.67. The van der Waals surface area contributed by atoms with Crippen LogP contribution in [0, 0.1) is 34.0 Å². The van der Waals surface area contributed by atoms with Gasteiger partial charge in [0.05, 0.1) is 17.8 Å². The number of hydrogen-bond acceptors (Lipinski definition) is 3. The van der Waals surface area contributed by atoms with E-state index >= 15 is 0 Å². The Kier molecular flexibility index (Phi) is 3.22. The Morgan fingerprint density at radius 3 is 2.26 bits per heavy atom. The van der Waals surface area contributed by atoms with Crippen LogP contribution in [0.3, 0.4) is 0 Å².